The van der Waals surface area contributed by atoms with E-state index in [-0.39, 0.29) is 43.3 Å². The minimum Gasteiger partial charge on any atom is -0.494 e. The lowest BCUT2D eigenvalue weighted by molar-refractivity contribution is -0.143. The molecule has 3 aliphatic heterocycles. The van der Waals surface area contributed by atoms with Gasteiger partial charge in [-0.15, -0.1) is 24.9 Å². The molecule has 1 spiro atoms. The third kappa shape index (κ3) is 5.89. The third-order valence-corrected chi connectivity index (χ3v) is 12.6. The van der Waals surface area contributed by atoms with Gasteiger partial charge in [0, 0.05) is 23.5 Å². The topological polar surface area (TPSA) is 90.4 Å². The van der Waals surface area contributed by atoms with Crippen LogP contribution in [0.5, 0.6) is 5.75 Å². The highest BCUT2D eigenvalue weighted by Crippen LogP contribution is 2.72. The van der Waals surface area contributed by atoms with Gasteiger partial charge in [-0.25, -0.2) is 0 Å². The number of likely N-dealkylation sites (tertiary alicyclic amines) is 1. The molecule has 2 bridgehead atoms. The zero-order chi connectivity index (χ0) is 34.1. The molecule has 252 valence electrons. The van der Waals surface area contributed by atoms with Gasteiger partial charge in [-0.05, 0) is 69.0 Å². The molecule has 0 saturated carbocycles. The number of hydrogen-bond donors (Lipinski definition) is 1. The number of para-hydroxylation sites is 1. The molecule has 3 heterocycles. The molecule has 5 rings (SSSR count). The highest BCUT2D eigenvalue weighted by molar-refractivity contribution is 8.02. The number of rotatable bonds is 14. The van der Waals surface area contributed by atoms with E-state index in [2.05, 4.69) is 20.1 Å². The first-order chi connectivity index (χ1) is 22.5. The van der Waals surface area contributed by atoms with E-state index in [1.165, 1.54) is 0 Å². The molecule has 3 amide bonds. The number of carbonyl (C=O) groups is 3. The maximum absolute atomic E-state index is 15.0. The van der Waals surface area contributed by atoms with Crippen molar-refractivity contribution in [3.05, 3.63) is 78.9 Å². The first-order valence-electron chi connectivity index (χ1n) is 16.5. The van der Waals surface area contributed by atoms with Gasteiger partial charge in [0.25, 0.3) is 5.91 Å². The molecule has 0 radical (unpaired) electrons. The lowest BCUT2D eigenvalue weighted by Crippen LogP contribution is -2.58. The van der Waals surface area contributed by atoms with E-state index in [1.54, 1.807) is 56.8 Å². The lowest BCUT2D eigenvalue weighted by Gasteiger charge is -2.41. The second kappa shape index (κ2) is 14.1. The molecule has 3 fully saturated rings. The van der Waals surface area contributed by atoms with Crippen molar-refractivity contribution in [2.45, 2.75) is 68.5 Å². The zero-order valence-electron chi connectivity index (χ0n) is 27.7. The van der Waals surface area contributed by atoms with Crippen LogP contribution in [-0.2, 0) is 14.4 Å². The van der Waals surface area contributed by atoms with Gasteiger partial charge in [0.05, 0.1) is 46.5 Å². The second-order valence-corrected chi connectivity index (χ2v) is 15.3. The maximum Gasteiger partial charge on any atom is 0.251 e. The van der Waals surface area contributed by atoms with Crippen molar-refractivity contribution in [2.75, 3.05) is 36.1 Å². The number of fused-ring (bicyclic) bond motifs is 1. The van der Waals surface area contributed by atoms with Crippen LogP contribution in [0.1, 0.15) is 47.0 Å². The highest BCUT2D eigenvalue weighted by Gasteiger charge is 2.78. The summed E-state index contributed by atoms with van der Waals surface area (Å²) in [6, 6.07) is 13.0. The fraction of sp³-hybridized carbons (Fsp3) is 0.486. The van der Waals surface area contributed by atoms with Gasteiger partial charge >= 0.3 is 0 Å². The molecule has 3 aliphatic rings. The predicted molar refractivity (Wildman–Crippen MR) is 190 cm³/mol. The van der Waals surface area contributed by atoms with Crippen molar-refractivity contribution in [3.63, 3.8) is 0 Å². The first-order valence-corrected chi connectivity index (χ1v) is 17.7. The fourth-order valence-electron chi connectivity index (χ4n) is 7.95. The van der Waals surface area contributed by atoms with Crippen LogP contribution in [0.15, 0.2) is 73.8 Å². The van der Waals surface area contributed by atoms with E-state index in [0.29, 0.717) is 48.0 Å². The molecule has 3 saturated heterocycles. The number of benzene rings is 2. The summed E-state index contributed by atoms with van der Waals surface area (Å²) < 4.78 is 4.17. The molecule has 7 atom stereocenters. The number of anilines is 2. The third-order valence-electron chi connectivity index (χ3n) is 10.3. The number of halogens is 1. The fourth-order valence-corrected chi connectivity index (χ4v) is 10.5. The Hall–Kier alpha value is -3.27. The van der Waals surface area contributed by atoms with Crippen LogP contribution in [0.2, 0.25) is 5.02 Å². The monoisotopic (exact) mass is 679 g/mol. The molecule has 10 heteroatoms. The van der Waals surface area contributed by atoms with Crippen LogP contribution in [0.4, 0.5) is 11.4 Å². The molecule has 2 aromatic carbocycles. The zero-order valence-corrected chi connectivity index (χ0v) is 29.3. The number of amides is 3. The Balaban J connectivity index is 1.63. The van der Waals surface area contributed by atoms with E-state index in [1.807, 2.05) is 51.1 Å². The van der Waals surface area contributed by atoms with Crippen molar-refractivity contribution in [2.24, 2.45) is 17.8 Å². The smallest absolute Gasteiger partial charge is 0.251 e. The molecule has 47 heavy (non-hydrogen) atoms. The van der Waals surface area contributed by atoms with Gasteiger partial charge in [-0.3, -0.25) is 14.4 Å². The molecular formula is C37H46ClN3O5S. The van der Waals surface area contributed by atoms with Gasteiger partial charge < -0.3 is 24.5 Å². The van der Waals surface area contributed by atoms with E-state index < -0.39 is 33.4 Å². The summed E-state index contributed by atoms with van der Waals surface area (Å²) in [5.41, 5.74) is 1.21. The Labute approximate surface area is 287 Å². The number of aliphatic hydroxyl groups is 1. The largest absolute Gasteiger partial charge is 0.494 e. The number of hydrogen-bond acceptors (Lipinski definition) is 6. The van der Waals surface area contributed by atoms with Crippen LogP contribution in [0.25, 0.3) is 0 Å². The average Bonchev–Trinajstić information content (AvgIpc) is 3.64. The summed E-state index contributed by atoms with van der Waals surface area (Å²) in [5.74, 6) is -1.53. The van der Waals surface area contributed by atoms with E-state index >= 15 is 4.79 Å². The van der Waals surface area contributed by atoms with Crippen molar-refractivity contribution < 1.29 is 24.2 Å². The van der Waals surface area contributed by atoms with Crippen LogP contribution in [0, 0.1) is 17.8 Å². The van der Waals surface area contributed by atoms with E-state index in [9.17, 15) is 14.7 Å². The second-order valence-electron chi connectivity index (χ2n) is 13.0. The van der Waals surface area contributed by atoms with Gasteiger partial charge in [0.15, 0.2) is 0 Å². The Morgan fingerprint density at radius 1 is 1.09 bits per heavy atom. The minimum absolute atomic E-state index is 0.0873. The Morgan fingerprint density at radius 3 is 2.34 bits per heavy atom. The number of ether oxygens (including phenoxy) is 1. The number of aliphatic hydroxyl groups excluding tert-OH is 1. The molecular weight excluding hydrogens is 634 g/mol. The summed E-state index contributed by atoms with van der Waals surface area (Å²) in [7, 11) is 0. The number of nitrogens with zero attached hydrogens (tertiary/aromatic N) is 3. The Morgan fingerprint density at radius 2 is 1.74 bits per heavy atom. The van der Waals surface area contributed by atoms with E-state index in [0.717, 1.165) is 0 Å². The lowest BCUT2D eigenvalue weighted by atomic mass is 9.66. The summed E-state index contributed by atoms with van der Waals surface area (Å²) in [6.45, 7) is 16.5. The van der Waals surface area contributed by atoms with Gasteiger partial charge in [-0.2, -0.15) is 0 Å². The minimum atomic E-state index is -0.912. The molecule has 0 aromatic heterocycles. The first kappa shape index (κ1) is 35.0. The van der Waals surface area contributed by atoms with E-state index in [4.69, 9.17) is 16.3 Å². The molecule has 2 unspecified atom stereocenters. The van der Waals surface area contributed by atoms with Crippen LogP contribution in [0.3, 0.4) is 0 Å². The normalized spacial score (nSPS) is 27.2. The summed E-state index contributed by atoms with van der Waals surface area (Å²) in [4.78, 5) is 49.7. The van der Waals surface area contributed by atoms with Gasteiger partial charge in [0.2, 0.25) is 11.8 Å². The quantitative estimate of drug-likeness (QED) is 0.234. The number of carbonyl (C=O) groups excluding carboxylic acids is 3. The standard InChI is InChI=1S/C37H46ClN3O5S/c1-7-21-39(25-15-17-26(18-16-25)46-10-4)33(43)30-31-34(44)41(29(23-42)24(5)9-3)32(37(31)20-19-36(30,6)47-37)35(45)40(22-8-2)28-14-12-11-13-27(28)38/h7-8,11-18,24,29-32,42H,1-2,9-10,19-23H2,3-6H3/t24-,29-,30+,31-,32?,36-,37?/m0/s1. The Bertz CT molecular complexity index is 1520. The summed E-state index contributed by atoms with van der Waals surface area (Å²) in [6.07, 6.45) is 5.29. The molecule has 0 aliphatic carbocycles. The summed E-state index contributed by atoms with van der Waals surface area (Å²) in [5, 5.41) is 11.2. The summed E-state index contributed by atoms with van der Waals surface area (Å²) >= 11 is 8.25. The molecule has 1 N–H and O–H groups in total. The van der Waals surface area contributed by atoms with Crippen LogP contribution >= 0.6 is 23.4 Å². The maximum atomic E-state index is 15.0. The molecule has 2 aromatic rings. The van der Waals surface area contributed by atoms with Crippen LogP contribution in [-0.4, -0.2) is 75.6 Å². The highest BCUT2D eigenvalue weighted by atomic mass is 35.5. The SMILES string of the molecule is C=CCN(C(=O)[C@H]1[C@H]2C(=O)N([C@@H](CO)[C@@H](C)CC)C(C(=O)N(CC=C)c3ccccc3Cl)C23CC[C@]1(C)S3)c1ccc(OCC)cc1. The van der Waals surface area contributed by atoms with Gasteiger partial charge in [-0.1, -0.05) is 56.2 Å². The predicted octanol–water partition coefficient (Wildman–Crippen LogP) is 6.37. The van der Waals surface area contributed by atoms with Crippen molar-refractivity contribution in [1.29, 1.82) is 0 Å². The number of thioether (sulfide) groups is 1. The molecule has 8 nitrogen and oxygen atoms in total. The van der Waals surface area contributed by atoms with Crippen molar-refractivity contribution >= 4 is 52.5 Å². The van der Waals surface area contributed by atoms with Crippen LogP contribution < -0.4 is 14.5 Å². The van der Waals surface area contributed by atoms with Crippen molar-refractivity contribution in [1.82, 2.24) is 4.90 Å². The van der Waals surface area contributed by atoms with Crippen molar-refractivity contribution in [3.8, 4) is 5.75 Å². The van der Waals surface area contributed by atoms with Gasteiger partial charge in [0.1, 0.15) is 11.8 Å². The average molecular weight is 680 g/mol. The Kier molecular flexibility index (Phi) is 10.5.